The summed E-state index contributed by atoms with van der Waals surface area (Å²) in [6.45, 7) is 0. The van der Waals surface area contributed by atoms with E-state index in [0.717, 1.165) is 22.9 Å². The van der Waals surface area contributed by atoms with E-state index in [0.29, 0.717) is 11.1 Å². The third-order valence-electron chi connectivity index (χ3n) is 5.63. The second-order valence-electron chi connectivity index (χ2n) is 8.23. The van der Waals surface area contributed by atoms with Crippen LogP contribution < -0.4 is 0 Å². The maximum atomic E-state index is 13.6. The molecule has 0 nitrogen and oxygen atoms in total. The first kappa shape index (κ1) is 22.1. The summed E-state index contributed by atoms with van der Waals surface area (Å²) in [5.41, 5.74) is 3.03. The molecule has 0 aliphatic heterocycles. The fourth-order valence-corrected chi connectivity index (χ4v) is 6.51. The van der Waals surface area contributed by atoms with Crippen molar-refractivity contribution in [2.24, 2.45) is 0 Å². The van der Waals surface area contributed by atoms with Crippen LogP contribution in [-0.4, -0.2) is 21.8 Å². The van der Waals surface area contributed by atoms with Crippen molar-refractivity contribution in [2.75, 3.05) is 0 Å². The molecule has 0 bridgehead atoms. The van der Waals surface area contributed by atoms with Crippen LogP contribution in [0.1, 0.15) is 35.1 Å². The summed E-state index contributed by atoms with van der Waals surface area (Å²) in [6.07, 6.45) is -5.22. The van der Waals surface area contributed by atoms with Gasteiger partial charge < -0.3 is 0 Å². The average Bonchev–Trinajstić information content (AvgIpc) is 2.64. The van der Waals surface area contributed by atoms with Gasteiger partial charge in [0.1, 0.15) is 0 Å². The zero-order chi connectivity index (χ0) is 22.3. The van der Waals surface area contributed by atoms with Crippen LogP contribution in [0, 0.1) is 0 Å². The van der Waals surface area contributed by atoms with Crippen LogP contribution in [0.15, 0.2) is 60.7 Å². The zero-order valence-electron chi connectivity index (χ0n) is 16.4. The SMILES string of the molecule is FC(F)(F)CC1(SC2(CC(F)(F)F)C=Cc3ccccc3C2)C=Cc2ccccc2C1. The number of rotatable bonds is 4. The van der Waals surface area contributed by atoms with Crippen molar-refractivity contribution < 1.29 is 26.3 Å². The minimum Gasteiger partial charge on any atom is -0.171 e. The third kappa shape index (κ3) is 5.20. The van der Waals surface area contributed by atoms with Gasteiger partial charge in [0.15, 0.2) is 0 Å². The van der Waals surface area contributed by atoms with Crippen LogP contribution in [0.2, 0.25) is 0 Å². The summed E-state index contributed by atoms with van der Waals surface area (Å²) in [4.78, 5) is 0. The van der Waals surface area contributed by atoms with Gasteiger partial charge in [-0.2, -0.15) is 26.3 Å². The molecule has 0 radical (unpaired) electrons. The molecule has 164 valence electrons. The molecule has 7 heteroatoms. The molecule has 2 aliphatic carbocycles. The van der Waals surface area contributed by atoms with E-state index in [9.17, 15) is 26.3 Å². The van der Waals surface area contributed by atoms with Crippen LogP contribution >= 0.6 is 11.8 Å². The minimum atomic E-state index is -4.51. The molecule has 0 spiro atoms. The Bertz CT molecular complexity index is 938. The van der Waals surface area contributed by atoms with E-state index in [-0.39, 0.29) is 12.8 Å². The van der Waals surface area contributed by atoms with Crippen molar-refractivity contribution in [3.8, 4) is 0 Å². The number of thioether (sulfide) groups is 1. The first-order valence-corrected chi connectivity index (χ1v) is 10.7. The van der Waals surface area contributed by atoms with Gasteiger partial charge in [0.05, 0.1) is 12.8 Å². The van der Waals surface area contributed by atoms with Crippen LogP contribution in [0.4, 0.5) is 26.3 Å². The normalized spacial score (nSPS) is 25.2. The molecule has 2 unspecified atom stereocenters. The predicted molar refractivity (Wildman–Crippen MR) is 113 cm³/mol. The van der Waals surface area contributed by atoms with Crippen molar-refractivity contribution in [3.63, 3.8) is 0 Å². The highest BCUT2D eigenvalue weighted by Crippen LogP contribution is 2.54. The predicted octanol–water partition coefficient (Wildman–Crippen LogP) is 7.64. The number of hydrogen-bond donors (Lipinski definition) is 0. The maximum absolute atomic E-state index is 13.6. The van der Waals surface area contributed by atoms with Gasteiger partial charge in [0.25, 0.3) is 0 Å². The van der Waals surface area contributed by atoms with E-state index >= 15 is 0 Å². The molecule has 31 heavy (non-hydrogen) atoms. The van der Waals surface area contributed by atoms with E-state index in [2.05, 4.69) is 0 Å². The van der Waals surface area contributed by atoms with Crippen molar-refractivity contribution in [1.82, 2.24) is 0 Å². The van der Waals surface area contributed by atoms with Gasteiger partial charge in [-0.15, -0.1) is 11.8 Å². The molecule has 4 rings (SSSR count). The van der Waals surface area contributed by atoms with E-state index in [1.165, 1.54) is 12.2 Å². The summed E-state index contributed by atoms with van der Waals surface area (Å²) in [7, 11) is 0. The van der Waals surface area contributed by atoms with E-state index < -0.39 is 34.7 Å². The Hall–Kier alpha value is -2.15. The maximum Gasteiger partial charge on any atom is 0.390 e. The lowest BCUT2D eigenvalue weighted by Crippen LogP contribution is -2.43. The Balaban J connectivity index is 1.76. The van der Waals surface area contributed by atoms with Crippen molar-refractivity contribution >= 4 is 23.9 Å². The van der Waals surface area contributed by atoms with Crippen molar-refractivity contribution in [1.29, 1.82) is 0 Å². The number of alkyl halides is 6. The van der Waals surface area contributed by atoms with Gasteiger partial charge in [0.2, 0.25) is 0 Å². The Morgan fingerprint density at radius 2 is 1.03 bits per heavy atom. The number of hydrogen-bond acceptors (Lipinski definition) is 1. The molecule has 0 saturated heterocycles. The first-order chi connectivity index (χ1) is 14.5. The number of benzene rings is 2. The highest BCUT2D eigenvalue weighted by Gasteiger charge is 2.51. The third-order valence-corrected chi connectivity index (χ3v) is 7.29. The summed E-state index contributed by atoms with van der Waals surface area (Å²) >= 11 is 0.804. The Morgan fingerprint density at radius 1 is 0.645 bits per heavy atom. The van der Waals surface area contributed by atoms with Crippen molar-refractivity contribution in [2.45, 2.75) is 47.5 Å². The first-order valence-electron chi connectivity index (χ1n) is 9.85. The molecule has 2 atom stereocenters. The van der Waals surface area contributed by atoms with Crippen LogP contribution in [0.25, 0.3) is 12.2 Å². The molecule has 0 aromatic heterocycles. The fourth-order valence-electron chi connectivity index (χ4n) is 4.50. The summed E-state index contributed by atoms with van der Waals surface area (Å²) in [6, 6.07) is 14.1. The minimum absolute atomic E-state index is 0.0267. The van der Waals surface area contributed by atoms with E-state index in [1.54, 1.807) is 60.7 Å². The smallest absolute Gasteiger partial charge is 0.171 e. The highest BCUT2D eigenvalue weighted by atomic mass is 32.2. The molecular formula is C24H20F6S. The molecule has 0 heterocycles. The molecule has 2 aromatic rings. The lowest BCUT2D eigenvalue weighted by atomic mass is 9.86. The van der Waals surface area contributed by atoms with Crippen LogP contribution in [0.5, 0.6) is 0 Å². The standard InChI is InChI=1S/C24H20F6S/c25-23(26,27)15-21(11-9-17-5-1-3-7-19(17)13-21)31-22(16-24(28,29)30)12-10-18-6-2-4-8-20(18)14-22/h1-12H,13-16H2. The lowest BCUT2D eigenvalue weighted by molar-refractivity contribution is -0.139. The second kappa shape index (κ2) is 7.76. The molecule has 0 fully saturated rings. The van der Waals surface area contributed by atoms with Gasteiger partial charge in [-0.1, -0.05) is 72.8 Å². The van der Waals surface area contributed by atoms with Crippen molar-refractivity contribution in [3.05, 3.63) is 82.9 Å². The Kier molecular flexibility index (Phi) is 5.53. The van der Waals surface area contributed by atoms with E-state index in [1.807, 2.05) is 0 Å². The quantitative estimate of drug-likeness (QED) is 0.428. The molecule has 0 N–H and O–H groups in total. The van der Waals surface area contributed by atoms with Gasteiger partial charge in [-0.25, -0.2) is 0 Å². The second-order valence-corrected chi connectivity index (χ2v) is 10.1. The monoisotopic (exact) mass is 454 g/mol. The molecule has 0 saturated carbocycles. The van der Waals surface area contributed by atoms with Crippen LogP contribution in [0.3, 0.4) is 0 Å². The average molecular weight is 454 g/mol. The van der Waals surface area contributed by atoms with E-state index in [4.69, 9.17) is 0 Å². The molecule has 2 aliphatic rings. The number of halogens is 6. The summed E-state index contributed by atoms with van der Waals surface area (Å²) < 4.78 is 78.7. The van der Waals surface area contributed by atoms with Crippen LogP contribution in [-0.2, 0) is 12.8 Å². The fraction of sp³-hybridized carbons (Fsp3) is 0.333. The largest absolute Gasteiger partial charge is 0.390 e. The Morgan fingerprint density at radius 3 is 1.42 bits per heavy atom. The summed E-state index contributed by atoms with van der Waals surface area (Å²) in [5.74, 6) is 0. The van der Waals surface area contributed by atoms with Gasteiger partial charge in [-0.3, -0.25) is 0 Å². The van der Waals surface area contributed by atoms with Gasteiger partial charge in [0, 0.05) is 9.49 Å². The lowest BCUT2D eigenvalue weighted by Gasteiger charge is -2.44. The van der Waals surface area contributed by atoms with Gasteiger partial charge in [-0.05, 0) is 35.1 Å². The molecule has 2 aromatic carbocycles. The molecular weight excluding hydrogens is 434 g/mol. The zero-order valence-corrected chi connectivity index (χ0v) is 17.2. The Labute approximate surface area is 181 Å². The highest BCUT2D eigenvalue weighted by molar-refractivity contribution is 8.02. The van der Waals surface area contributed by atoms with Gasteiger partial charge >= 0.3 is 12.4 Å². The summed E-state index contributed by atoms with van der Waals surface area (Å²) in [5, 5.41) is 0. The topological polar surface area (TPSA) is 0 Å². The number of fused-ring (bicyclic) bond motifs is 2. The molecule has 0 amide bonds.